The van der Waals surface area contributed by atoms with Crippen LogP contribution in [0, 0.1) is 12.8 Å². The molecule has 0 radical (unpaired) electrons. The summed E-state index contributed by atoms with van der Waals surface area (Å²) in [5.74, 6) is 0.787. The van der Waals surface area contributed by atoms with Crippen molar-refractivity contribution in [3.63, 3.8) is 0 Å². The van der Waals surface area contributed by atoms with Gasteiger partial charge in [-0.2, -0.15) is 0 Å². The van der Waals surface area contributed by atoms with Crippen LogP contribution in [0.2, 0.25) is 0 Å². The van der Waals surface area contributed by atoms with Crippen molar-refractivity contribution in [1.29, 1.82) is 0 Å². The summed E-state index contributed by atoms with van der Waals surface area (Å²) in [4.78, 5) is 0. The van der Waals surface area contributed by atoms with Crippen molar-refractivity contribution in [3.8, 4) is 0 Å². The number of hydrogen-bond acceptors (Lipinski definition) is 1. The molecule has 1 nitrogen and oxygen atoms in total. The fraction of sp³-hybridized carbons (Fsp3) is 0.625. The largest absolute Gasteiger partial charge is 0.314 e. The normalized spacial score (nSPS) is 13.0. The Kier molecular flexibility index (Phi) is 6.28. The quantitative estimate of drug-likeness (QED) is 0.752. The molecule has 0 bridgehead atoms. The minimum atomic E-state index is 0.621. The van der Waals surface area contributed by atoms with Crippen molar-refractivity contribution in [2.75, 3.05) is 6.54 Å². The maximum Gasteiger partial charge on any atom is 0.0135 e. The Hall–Kier alpha value is -0.820. The van der Waals surface area contributed by atoms with Gasteiger partial charge in [-0.15, -0.1) is 0 Å². The van der Waals surface area contributed by atoms with Crippen LogP contribution in [0.5, 0.6) is 0 Å². The van der Waals surface area contributed by atoms with Crippen LogP contribution in [0.15, 0.2) is 24.3 Å². The van der Waals surface area contributed by atoms with Crippen LogP contribution in [-0.2, 0) is 6.42 Å². The summed E-state index contributed by atoms with van der Waals surface area (Å²) in [6.07, 6.45) is 3.69. The van der Waals surface area contributed by atoms with Crippen molar-refractivity contribution in [3.05, 3.63) is 35.4 Å². The number of rotatable bonds is 7. The van der Waals surface area contributed by atoms with E-state index in [1.165, 1.54) is 24.0 Å². The maximum atomic E-state index is 3.66. The Morgan fingerprint density at radius 1 is 1.06 bits per heavy atom. The first-order valence-electron chi connectivity index (χ1n) is 7.00. The first kappa shape index (κ1) is 14.2. The lowest BCUT2D eigenvalue weighted by molar-refractivity contribution is 0.336. The maximum absolute atomic E-state index is 3.66. The molecule has 0 saturated carbocycles. The molecule has 0 spiro atoms. The van der Waals surface area contributed by atoms with Crippen molar-refractivity contribution in [1.82, 2.24) is 5.32 Å². The third kappa shape index (κ3) is 4.16. The monoisotopic (exact) mass is 233 g/mol. The predicted octanol–water partition coefficient (Wildman–Crippen LogP) is 3.95. The second-order valence-corrected chi connectivity index (χ2v) is 4.87. The van der Waals surface area contributed by atoms with E-state index in [0.29, 0.717) is 6.04 Å². The topological polar surface area (TPSA) is 12.0 Å². The van der Waals surface area contributed by atoms with Gasteiger partial charge in [0, 0.05) is 6.04 Å². The van der Waals surface area contributed by atoms with E-state index in [1.807, 2.05) is 0 Å². The Bertz CT molecular complexity index is 315. The Morgan fingerprint density at radius 2 is 1.71 bits per heavy atom. The van der Waals surface area contributed by atoms with Crippen molar-refractivity contribution in [2.24, 2.45) is 5.92 Å². The minimum absolute atomic E-state index is 0.621. The minimum Gasteiger partial charge on any atom is -0.314 e. The van der Waals surface area contributed by atoms with E-state index in [4.69, 9.17) is 0 Å². The molecule has 0 amide bonds. The molecule has 17 heavy (non-hydrogen) atoms. The molecule has 0 aliphatic rings. The summed E-state index contributed by atoms with van der Waals surface area (Å²) in [5.41, 5.74) is 2.91. The van der Waals surface area contributed by atoms with Gasteiger partial charge in [-0.1, -0.05) is 57.9 Å². The highest BCUT2D eigenvalue weighted by Gasteiger charge is 2.18. The highest BCUT2D eigenvalue weighted by Crippen LogP contribution is 2.19. The number of nitrogens with one attached hydrogen (secondary N) is 1. The lowest BCUT2D eigenvalue weighted by Crippen LogP contribution is -2.37. The lowest BCUT2D eigenvalue weighted by Gasteiger charge is -2.26. The van der Waals surface area contributed by atoms with Gasteiger partial charge in [0.25, 0.3) is 0 Å². The van der Waals surface area contributed by atoms with Crippen LogP contribution in [-0.4, -0.2) is 12.6 Å². The molecule has 1 aromatic rings. The molecule has 96 valence electrons. The van der Waals surface area contributed by atoms with Crippen LogP contribution in [0.3, 0.4) is 0 Å². The molecule has 1 rings (SSSR count). The zero-order chi connectivity index (χ0) is 12.7. The molecule has 0 fully saturated rings. The van der Waals surface area contributed by atoms with Gasteiger partial charge in [-0.3, -0.25) is 0 Å². The Morgan fingerprint density at radius 3 is 2.24 bits per heavy atom. The van der Waals surface area contributed by atoms with E-state index in [0.717, 1.165) is 18.9 Å². The van der Waals surface area contributed by atoms with E-state index in [2.05, 4.69) is 57.3 Å². The van der Waals surface area contributed by atoms with Gasteiger partial charge < -0.3 is 5.32 Å². The molecular formula is C16H27N. The first-order valence-corrected chi connectivity index (χ1v) is 7.00. The van der Waals surface area contributed by atoms with Gasteiger partial charge in [0.05, 0.1) is 0 Å². The zero-order valence-corrected chi connectivity index (χ0v) is 11.8. The molecule has 0 heterocycles. The van der Waals surface area contributed by atoms with Gasteiger partial charge in [-0.05, 0) is 36.9 Å². The number of hydrogen-bond donors (Lipinski definition) is 1. The first-order chi connectivity index (χ1) is 8.22. The lowest BCUT2D eigenvalue weighted by atomic mass is 9.88. The number of likely N-dealkylation sites (N-methyl/N-ethyl adjacent to an activating group) is 1. The molecule has 1 aromatic carbocycles. The molecule has 0 aliphatic heterocycles. The summed E-state index contributed by atoms with van der Waals surface area (Å²) < 4.78 is 0. The van der Waals surface area contributed by atoms with Gasteiger partial charge in [-0.25, -0.2) is 0 Å². The molecular weight excluding hydrogens is 206 g/mol. The molecule has 1 atom stereocenters. The summed E-state index contributed by atoms with van der Waals surface area (Å²) in [7, 11) is 0. The predicted molar refractivity (Wildman–Crippen MR) is 76.4 cm³/mol. The molecule has 1 unspecified atom stereocenters. The number of aryl methyl sites for hydroxylation is 1. The van der Waals surface area contributed by atoms with Gasteiger partial charge >= 0.3 is 0 Å². The second-order valence-electron chi connectivity index (χ2n) is 4.87. The second kappa shape index (κ2) is 7.50. The van der Waals surface area contributed by atoms with Crippen LogP contribution in [0.4, 0.5) is 0 Å². The van der Waals surface area contributed by atoms with Crippen LogP contribution < -0.4 is 5.32 Å². The Balaban J connectivity index is 2.75. The van der Waals surface area contributed by atoms with Crippen molar-refractivity contribution < 1.29 is 0 Å². The fourth-order valence-corrected chi connectivity index (χ4v) is 2.60. The van der Waals surface area contributed by atoms with Gasteiger partial charge in [0.15, 0.2) is 0 Å². The standard InChI is InChI=1S/C16H27N/c1-5-14(6-2)16(17-7-3)12-15-11-9-8-10-13(15)4/h8-11,14,16-17H,5-7,12H2,1-4H3. The van der Waals surface area contributed by atoms with Gasteiger partial charge in [0.1, 0.15) is 0 Å². The highest BCUT2D eigenvalue weighted by molar-refractivity contribution is 5.26. The van der Waals surface area contributed by atoms with Crippen LogP contribution in [0.1, 0.15) is 44.7 Å². The average molecular weight is 233 g/mol. The molecule has 1 N–H and O–H groups in total. The average Bonchev–Trinajstić information content (AvgIpc) is 2.34. The van der Waals surface area contributed by atoms with E-state index < -0.39 is 0 Å². The third-order valence-electron chi connectivity index (χ3n) is 3.79. The third-order valence-corrected chi connectivity index (χ3v) is 3.79. The van der Waals surface area contributed by atoms with Crippen molar-refractivity contribution >= 4 is 0 Å². The SMILES string of the molecule is CCNC(Cc1ccccc1C)C(CC)CC. The summed E-state index contributed by atoms with van der Waals surface area (Å²) >= 11 is 0. The van der Waals surface area contributed by atoms with E-state index in [9.17, 15) is 0 Å². The molecule has 1 heteroatoms. The summed E-state index contributed by atoms with van der Waals surface area (Å²) in [6.45, 7) is 10.1. The van der Waals surface area contributed by atoms with Crippen molar-refractivity contribution in [2.45, 2.75) is 53.0 Å². The van der Waals surface area contributed by atoms with E-state index in [1.54, 1.807) is 0 Å². The van der Waals surface area contributed by atoms with Crippen LogP contribution >= 0.6 is 0 Å². The fourth-order valence-electron chi connectivity index (χ4n) is 2.60. The molecule has 0 aromatic heterocycles. The Labute approximate surface area is 107 Å². The van der Waals surface area contributed by atoms with E-state index in [-0.39, 0.29) is 0 Å². The number of benzene rings is 1. The highest BCUT2D eigenvalue weighted by atomic mass is 14.9. The summed E-state index contributed by atoms with van der Waals surface area (Å²) in [5, 5.41) is 3.66. The van der Waals surface area contributed by atoms with Crippen LogP contribution in [0.25, 0.3) is 0 Å². The molecule has 0 aliphatic carbocycles. The summed E-state index contributed by atoms with van der Waals surface area (Å²) in [6, 6.07) is 9.38. The molecule has 0 saturated heterocycles. The smallest absolute Gasteiger partial charge is 0.0135 e. The van der Waals surface area contributed by atoms with E-state index >= 15 is 0 Å². The van der Waals surface area contributed by atoms with Gasteiger partial charge in [0.2, 0.25) is 0 Å². The zero-order valence-electron chi connectivity index (χ0n) is 11.8.